The van der Waals surface area contributed by atoms with Gasteiger partial charge < -0.3 is 0 Å². The molecule has 1 N–H and O–H groups in total. The number of nitrogens with one attached hydrogen (secondary N) is 1. The third-order valence-electron chi connectivity index (χ3n) is 2.72. The summed E-state index contributed by atoms with van der Waals surface area (Å²) in [6.45, 7) is 2.04. The highest BCUT2D eigenvalue weighted by Crippen LogP contribution is 2.08. The Labute approximate surface area is 117 Å². The molecule has 0 atom stereocenters. The lowest BCUT2D eigenvalue weighted by Gasteiger charge is -2.04. The Hall–Kier alpha value is -1.94. The van der Waals surface area contributed by atoms with Crippen molar-refractivity contribution in [1.82, 2.24) is 5.43 Å². The third-order valence-corrected chi connectivity index (χ3v) is 3.59. The Morgan fingerprint density at radius 1 is 1.21 bits per heavy atom. The lowest BCUT2D eigenvalue weighted by atomic mass is 10.1. The summed E-state index contributed by atoms with van der Waals surface area (Å²) in [5.41, 5.74) is 4.79. The second kappa shape index (κ2) is 6.85. The zero-order valence-electron chi connectivity index (χ0n) is 10.8. The molecule has 0 spiro atoms. The average Bonchev–Trinajstić information content (AvgIpc) is 2.98. The van der Waals surface area contributed by atoms with Gasteiger partial charge in [0.1, 0.15) is 0 Å². The van der Waals surface area contributed by atoms with E-state index in [0.29, 0.717) is 4.88 Å². The first-order chi connectivity index (χ1) is 9.29. The Morgan fingerprint density at radius 3 is 2.63 bits per heavy atom. The van der Waals surface area contributed by atoms with Crippen LogP contribution < -0.4 is 5.43 Å². The Balaban J connectivity index is 1.98. The lowest BCUT2D eigenvalue weighted by molar-refractivity contribution is 0.0958. The van der Waals surface area contributed by atoms with Crippen LogP contribution in [0.1, 0.15) is 28.6 Å². The van der Waals surface area contributed by atoms with Crippen LogP contribution in [0.25, 0.3) is 0 Å². The molecular formula is C15H16N2OS. The van der Waals surface area contributed by atoms with Gasteiger partial charge >= 0.3 is 0 Å². The number of hydrogen-bond acceptors (Lipinski definition) is 3. The van der Waals surface area contributed by atoms with Crippen molar-refractivity contribution in [2.75, 3.05) is 0 Å². The Morgan fingerprint density at radius 2 is 2.00 bits per heavy atom. The quantitative estimate of drug-likeness (QED) is 0.657. The zero-order valence-corrected chi connectivity index (χ0v) is 11.6. The molecule has 0 saturated carbocycles. The topological polar surface area (TPSA) is 41.5 Å². The number of hydrogen-bond donors (Lipinski definition) is 1. The summed E-state index contributed by atoms with van der Waals surface area (Å²) in [4.78, 5) is 12.5. The highest BCUT2D eigenvalue weighted by Gasteiger charge is 2.05. The fourth-order valence-corrected chi connectivity index (χ4v) is 2.28. The molecule has 1 aromatic carbocycles. The minimum absolute atomic E-state index is 0.144. The van der Waals surface area contributed by atoms with Crippen LogP contribution in [-0.4, -0.2) is 11.6 Å². The van der Waals surface area contributed by atoms with E-state index >= 15 is 0 Å². The van der Waals surface area contributed by atoms with Gasteiger partial charge in [-0.15, -0.1) is 11.3 Å². The molecule has 4 heteroatoms. The molecule has 0 aliphatic rings. The first kappa shape index (κ1) is 13.5. The number of nitrogens with zero attached hydrogens (tertiary/aromatic N) is 1. The fraction of sp³-hybridized carbons (Fsp3) is 0.200. The number of hydrazone groups is 1. The van der Waals surface area contributed by atoms with E-state index in [1.165, 1.54) is 16.9 Å². The standard InChI is InChI=1S/C15H16N2OS/c1-2-13(11-12-7-4-3-5-8-12)16-17-15(18)14-9-6-10-19-14/h3-10H,2,11H2,1H3,(H,17,18). The van der Waals surface area contributed by atoms with Gasteiger partial charge in [0, 0.05) is 12.1 Å². The van der Waals surface area contributed by atoms with Gasteiger partial charge in [-0.25, -0.2) is 5.43 Å². The third kappa shape index (κ3) is 4.03. The van der Waals surface area contributed by atoms with Crippen molar-refractivity contribution < 1.29 is 4.79 Å². The second-order valence-electron chi connectivity index (χ2n) is 4.11. The van der Waals surface area contributed by atoms with E-state index < -0.39 is 0 Å². The first-order valence-electron chi connectivity index (χ1n) is 6.22. The molecule has 0 saturated heterocycles. The number of carbonyl (C=O) groups is 1. The Bertz CT molecular complexity index is 547. The van der Waals surface area contributed by atoms with E-state index in [2.05, 4.69) is 22.7 Å². The molecule has 0 unspecified atom stereocenters. The number of carbonyl (C=O) groups excluding carboxylic acids is 1. The van der Waals surface area contributed by atoms with Crippen molar-refractivity contribution >= 4 is 23.0 Å². The van der Waals surface area contributed by atoms with Crippen molar-refractivity contribution in [3.8, 4) is 0 Å². The van der Waals surface area contributed by atoms with Gasteiger partial charge in [0.2, 0.25) is 0 Å². The van der Waals surface area contributed by atoms with Crippen LogP contribution in [-0.2, 0) is 6.42 Å². The predicted octanol–water partition coefficient (Wildman–Crippen LogP) is 3.49. The van der Waals surface area contributed by atoms with E-state index in [9.17, 15) is 4.79 Å². The molecule has 2 aromatic rings. The van der Waals surface area contributed by atoms with Crippen molar-refractivity contribution in [2.24, 2.45) is 5.10 Å². The molecule has 1 heterocycles. The van der Waals surface area contributed by atoms with Crippen molar-refractivity contribution in [1.29, 1.82) is 0 Å². The molecular weight excluding hydrogens is 256 g/mol. The van der Waals surface area contributed by atoms with Gasteiger partial charge in [-0.2, -0.15) is 5.10 Å². The fourth-order valence-electron chi connectivity index (χ4n) is 1.67. The minimum Gasteiger partial charge on any atom is -0.266 e. The van der Waals surface area contributed by atoms with E-state index in [1.54, 1.807) is 6.07 Å². The summed E-state index contributed by atoms with van der Waals surface area (Å²) < 4.78 is 0. The first-order valence-corrected chi connectivity index (χ1v) is 7.10. The van der Waals surface area contributed by atoms with Crippen molar-refractivity contribution in [3.63, 3.8) is 0 Å². The molecule has 3 nitrogen and oxygen atoms in total. The molecule has 2 rings (SSSR count). The summed E-state index contributed by atoms with van der Waals surface area (Å²) >= 11 is 1.41. The van der Waals surface area contributed by atoms with Gasteiger partial charge in [0.05, 0.1) is 4.88 Å². The second-order valence-corrected chi connectivity index (χ2v) is 5.06. The maximum Gasteiger partial charge on any atom is 0.281 e. The van der Waals surface area contributed by atoms with Crippen LogP contribution in [0.15, 0.2) is 52.9 Å². The summed E-state index contributed by atoms with van der Waals surface area (Å²) in [7, 11) is 0. The normalized spacial score (nSPS) is 11.3. The van der Waals surface area contributed by atoms with Crippen LogP contribution in [0.4, 0.5) is 0 Å². The highest BCUT2D eigenvalue weighted by molar-refractivity contribution is 7.12. The average molecular weight is 272 g/mol. The molecule has 0 aliphatic carbocycles. The maximum atomic E-state index is 11.8. The summed E-state index contributed by atoms with van der Waals surface area (Å²) in [6, 6.07) is 13.8. The van der Waals surface area contributed by atoms with Crippen molar-refractivity contribution in [2.45, 2.75) is 19.8 Å². The van der Waals surface area contributed by atoms with E-state index in [0.717, 1.165) is 18.6 Å². The minimum atomic E-state index is -0.144. The van der Waals surface area contributed by atoms with Crippen LogP contribution in [0.3, 0.4) is 0 Å². The summed E-state index contributed by atoms with van der Waals surface area (Å²) in [6.07, 6.45) is 1.58. The summed E-state index contributed by atoms with van der Waals surface area (Å²) in [5, 5.41) is 6.10. The zero-order chi connectivity index (χ0) is 13.5. The maximum absolute atomic E-state index is 11.8. The molecule has 1 amide bonds. The number of thiophene rings is 1. The molecule has 0 radical (unpaired) electrons. The van der Waals surface area contributed by atoms with Gasteiger partial charge in [-0.1, -0.05) is 43.3 Å². The van der Waals surface area contributed by atoms with Gasteiger partial charge in [-0.3, -0.25) is 4.79 Å². The number of rotatable bonds is 5. The lowest BCUT2D eigenvalue weighted by Crippen LogP contribution is -2.19. The van der Waals surface area contributed by atoms with E-state index in [-0.39, 0.29) is 5.91 Å². The summed E-state index contributed by atoms with van der Waals surface area (Å²) in [5.74, 6) is -0.144. The van der Waals surface area contributed by atoms with Crippen LogP contribution in [0.5, 0.6) is 0 Å². The number of amides is 1. The molecule has 19 heavy (non-hydrogen) atoms. The predicted molar refractivity (Wildman–Crippen MR) is 79.7 cm³/mol. The van der Waals surface area contributed by atoms with E-state index in [4.69, 9.17) is 0 Å². The number of benzene rings is 1. The SMILES string of the molecule is CCC(Cc1ccccc1)=NNC(=O)c1cccs1. The molecule has 0 fully saturated rings. The van der Waals surface area contributed by atoms with Crippen molar-refractivity contribution in [3.05, 3.63) is 58.3 Å². The van der Waals surface area contributed by atoms with Crippen LogP contribution >= 0.6 is 11.3 Å². The van der Waals surface area contributed by atoms with Gasteiger partial charge in [0.15, 0.2) is 0 Å². The van der Waals surface area contributed by atoms with Gasteiger partial charge in [-0.05, 0) is 23.4 Å². The smallest absolute Gasteiger partial charge is 0.266 e. The van der Waals surface area contributed by atoms with Gasteiger partial charge in [0.25, 0.3) is 5.91 Å². The largest absolute Gasteiger partial charge is 0.281 e. The molecule has 0 aliphatic heterocycles. The van der Waals surface area contributed by atoms with Crippen LogP contribution in [0, 0.1) is 0 Å². The van der Waals surface area contributed by atoms with Crippen LogP contribution in [0.2, 0.25) is 0 Å². The molecule has 1 aromatic heterocycles. The molecule has 0 bridgehead atoms. The molecule has 98 valence electrons. The van der Waals surface area contributed by atoms with E-state index in [1.807, 2.05) is 36.6 Å². The highest BCUT2D eigenvalue weighted by atomic mass is 32.1. The Kier molecular flexibility index (Phi) is 4.86. The monoisotopic (exact) mass is 272 g/mol.